The first-order valence-electron chi connectivity index (χ1n) is 6.89. The molecule has 3 heterocycles. The zero-order valence-electron chi connectivity index (χ0n) is 12.5. The fourth-order valence-corrected chi connectivity index (χ4v) is 3.11. The number of imidazole rings is 1. The van der Waals surface area contributed by atoms with Crippen molar-refractivity contribution in [2.45, 2.75) is 31.0 Å². The maximum atomic E-state index is 11.3. The third-order valence-corrected chi connectivity index (χ3v) is 4.34. The number of aromatic nitrogens is 4. The Labute approximate surface area is 135 Å². The number of hydrogen-bond acceptors (Lipinski definition) is 8. The lowest BCUT2D eigenvalue weighted by molar-refractivity contribution is -0.0950. The van der Waals surface area contributed by atoms with Crippen LogP contribution in [0.4, 0.5) is 5.82 Å². The summed E-state index contributed by atoms with van der Waals surface area (Å²) in [6, 6.07) is 0. The summed E-state index contributed by atoms with van der Waals surface area (Å²) in [4.78, 5) is 21.1. The lowest BCUT2D eigenvalue weighted by Gasteiger charge is -2.27. The quantitative estimate of drug-likeness (QED) is 0.341. The molecular formula is C11H17N6O6P. The fourth-order valence-electron chi connectivity index (χ4n) is 2.65. The van der Waals surface area contributed by atoms with Gasteiger partial charge in [-0.25, -0.2) is 25.0 Å². The van der Waals surface area contributed by atoms with Gasteiger partial charge in [0.05, 0.1) is 12.9 Å². The first-order chi connectivity index (χ1) is 11.1. The van der Waals surface area contributed by atoms with Crippen LogP contribution in [0.2, 0.25) is 0 Å². The van der Waals surface area contributed by atoms with Crippen LogP contribution in [-0.4, -0.2) is 64.1 Å². The lowest BCUT2D eigenvalue weighted by Crippen LogP contribution is -2.44. The van der Waals surface area contributed by atoms with E-state index in [9.17, 15) is 24.8 Å². The third-order valence-electron chi connectivity index (χ3n) is 3.81. The van der Waals surface area contributed by atoms with Crippen molar-refractivity contribution in [2.75, 3.05) is 11.7 Å². The van der Waals surface area contributed by atoms with Crippen molar-refractivity contribution in [3.63, 3.8) is 0 Å². The molecule has 0 amide bonds. The van der Waals surface area contributed by atoms with Crippen LogP contribution in [0, 0.1) is 0 Å². The van der Waals surface area contributed by atoms with Gasteiger partial charge in [-0.05, 0) is 6.92 Å². The molecular weight excluding hydrogens is 343 g/mol. The Morgan fingerprint density at radius 3 is 2.79 bits per heavy atom. The molecule has 0 radical (unpaired) electrons. The highest BCUT2D eigenvalue weighted by Gasteiger charge is 2.53. The number of anilines is 1. The Balaban J connectivity index is 2.06. The zero-order chi connectivity index (χ0) is 17.7. The largest absolute Gasteiger partial charge is 0.394 e. The first kappa shape index (κ1) is 17.2. The Kier molecular flexibility index (Phi) is 4.08. The molecule has 13 heteroatoms. The molecule has 24 heavy (non-hydrogen) atoms. The summed E-state index contributed by atoms with van der Waals surface area (Å²) < 4.78 is 18.1. The van der Waals surface area contributed by atoms with Crippen LogP contribution in [0.3, 0.4) is 0 Å². The van der Waals surface area contributed by atoms with E-state index in [4.69, 9.17) is 10.2 Å². The van der Waals surface area contributed by atoms with Gasteiger partial charge < -0.3 is 24.9 Å². The standard InChI is InChI=1S/C11H17N6O6P/c1-11(20)7(19)5(2-18)23-10(11)17-4-15-6-8(16-24(12,21)22)13-3-14-9(6)17/h3-5,7,10,18-20H,2H2,1H3,(H4,12,13,14,16,21,22)/t5-,7-,10-,11-/m1/s1. The van der Waals surface area contributed by atoms with Gasteiger partial charge in [0.2, 0.25) is 0 Å². The number of ether oxygens (including phenoxy) is 1. The minimum atomic E-state index is -4.10. The third kappa shape index (κ3) is 2.78. The summed E-state index contributed by atoms with van der Waals surface area (Å²) in [7, 11) is -4.10. The molecule has 2 aromatic heterocycles. The van der Waals surface area contributed by atoms with Gasteiger partial charge in [-0.15, -0.1) is 0 Å². The summed E-state index contributed by atoms with van der Waals surface area (Å²) >= 11 is 0. The van der Waals surface area contributed by atoms with Crippen LogP contribution < -0.4 is 10.6 Å². The van der Waals surface area contributed by atoms with E-state index in [-0.39, 0.29) is 17.0 Å². The average molecular weight is 360 g/mol. The normalized spacial score (nSPS) is 32.8. The molecule has 1 fully saturated rings. The molecule has 0 aromatic carbocycles. The van der Waals surface area contributed by atoms with Gasteiger partial charge in [0.15, 0.2) is 23.2 Å². The summed E-state index contributed by atoms with van der Waals surface area (Å²) in [5, 5.41) is 32.0. The second kappa shape index (κ2) is 5.70. The second-order valence-electron chi connectivity index (χ2n) is 5.66. The van der Waals surface area contributed by atoms with E-state index in [1.165, 1.54) is 17.8 Å². The molecule has 0 bridgehead atoms. The molecule has 1 unspecified atom stereocenters. The number of rotatable bonds is 4. The molecule has 0 spiro atoms. The van der Waals surface area contributed by atoms with Crippen LogP contribution in [0.25, 0.3) is 11.2 Å². The highest BCUT2D eigenvalue weighted by molar-refractivity contribution is 7.57. The minimum absolute atomic E-state index is 0.0658. The Morgan fingerprint density at radius 2 is 2.21 bits per heavy atom. The topological polar surface area (TPSA) is 189 Å². The monoisotopic (exact) mass is 360 g/mol. The van der Waals surface area contributed by atoms with Crippen molar-refractivity contribution >= 4 is 24.7 Å². The highest BCUT2D eigenvalue weighted by Crippen LogP contribution is 2.40. The molecule has 0 saturated carbocycles. The number of fused-ring (bicyclic) bond motifs is 1. The SMILES string of the molecule is C[C@@]1(O)[C@H](O)[C@@H](CO)O[C@H]1n1cnc2c(NP(N)(=O)O)ncnc21. The molecule has 5 atom stereocenters. The Morgan fingerprint density at radius 1 is 1.50 bits per heavy atom. The molecule has 0 aliphatic carbocycles. The molecule has 2 aromatic rings. The van der Waals surface area contributed by atoms with E-state index in [0.717, 1.165) is 6.33 Å². The van der Waals surface area contributed by atoms with Crippen molar-refractivity contribution in [1.82, 2.24) is 19.5 Å². The van der Waals surface area contributed by atoms with E-state index in [1.807, 2.05) is 0 Å². The van der Waals surface area contributed by atoms with Gasteiger partial charge in [0.1, 0.15) is 24.1 Å². The van der Waals surface area contributed by atoms with Gasteiger partial charge in [0.25, 0.3) is 0 Å². The second-order valence-corrected chi connectivity index (χ2v) is 7.13. The molecule has 1 aliphatic rings. The maximum Gasteiger partial charge on any atom is 0.361 e. The van der Waals surface area contributed by atoms with E-state index in [1.54, 1.807) is 0 Å². The lowest BCUT2D eigenvalue weighted by atomic mass is 9.96. The summed E-state index contributed by atoms with van der Waals surface area (Å²) in [6.07, 6.45) is -1.01. The van der Waals surface area contributed by atoms with Crippen LogP contribution in [0.5, 0.6) is 0 Å². The maximum absolute atomic E-state index is 11.3. The van der Waals surface area contributed by atoms with Gasteiger partial charge in [-0.3, -0.25) is 9.65 Å². The molecule has 1 saturated heterocycles. The first-order valence-corrected chi connectivity index (χ1v) is 8.62. The van der Waals surface area contributed by atoms with Crippen LogP contribution in [0.15, 0.2) is 12.7 Å². The zero-order valence-corrected chi connectivity index (χ0v) is 13.4. The number of nitrogens with two attached hydrogens (primary N) is 1. The van der Waals surface area contributed by atoms with Crippen LogP contribution in [0.1, 0.15) is 13.2 Å². The molecule has 7 N–H and O–H groups in total. The van der Waals surface area contributed by atoms with Crippen molar-refractivity contribution in [2.24, 2.45) is 5.50 Å². The van der Waals surface area contributed by atoms with Crippen molar-refractivity contribution < 1.29 is 29.5 Å². The number of aliphatic hydroxyl groups is 3. The van der Waals surface area contributed by atoms with Gasteiger partial charge in [-0.2, -0.15) is 0 Å². The van der Waals surface area contributed by atoms with E-state index >= 15 is 0 Å². The highest BCUT2D eigenvalue weighted by atomic mass is 31.2. The van der Waals surface area contributed by atoms with Gasteiger partial charge in [-0.1, -0.05) is 0 Å². The molecule has 1 aliphatic heterocycles. The Hall–Kier alpha value is -1.66. The van der Waals surface area contributed by atoms with Crippen molar-refractivity contribution in [3.05, 3.63) is 12.7 Å². The minimum Gasteiger partial charge on any atom is -0.394 e. The van der Waals surface area contributed by atoms with Crippen molar-refractivity contribution in [1.29, 1.82) is 0 Å². The number of hydrogen-bond donors (Lipinski definition) is 6. The van der Waals surface area contributed by atoms with Crippen LogP contribution >= 0.6 is 7.67 Å². The van der Waals surface area contributed by atoms with Gasteiger partial charge in [0, 0.05) is 0 Å². The summed E-state index contributed by atoms with van der Waals surface area (Å²) in [6.45, 7) is 0.870. The Bertz CT molecular complexity index is 805. The van der Waals surface area contributed by atoms with Gasteiger partial charge >= 0.3 is 7.67 Å². The summed E-state index contributed by atoms with van der Waals surface area (Å²) in [5.74, 6) is -0.0658. The molecule has 132 valence electrons. The predicted octanol–water partition coefficient (Wildman–Crippen LogP) is -1.70. The van der Waals surface area contributed by atoms with E-state index < -0.39 is 38.3 Å². The number of nitrogens with one attached hydrogen (secondary N) is 1. The summed E-state index contributed by atoms with van der Waals surface area (Å²) in [5.41, 5.74) is 3.64. The fraction of sp³-hybridized carbons (Fsp3) is 0.545. The van der Waals surface area contributed by atoms with Crippen molar-refractivity contribution in [3.8, 4) is 0 Å². The molecule has 12 nitrogen and oxygen atoms in total. The van der Waals surface area contributed by atoms with E-state index in [2.05, 4.69) is 20.0 Å². The smallest absolute Gasteiger partial charge is 0.361 e. The average Bonchev–Trinajstić information content (AvgIpc) is 2.99. The molecule has 3 rings (SSSR count). The number of nitrogens with zero attached hydrogens (tertiary/aromatic N) is 4. The van der Waals surface area contributed by atoms with Crippen LogP contribution in [-0.2, 0) is 9.30 Å². The predicted molar refractivity (Wildman–Crippen MR) is 80.6 cm³/mol. The van der Waals surface area contributed by atoms with E-state index in [0.29, 0.717) is 0 Å². The number of aliphatic hydroxyl groups excluding tert-OH is 2.